The van der Waals surface area contributed by atoms with Crippen molar-refractivity contribution < 1.29 is 17.9 Å². The second-order valence-corrected chi connectivity index (χ2v) is 7.74. The van der Waals surface area contributed by atoms with Gasteiger partial charge < -0.3 is 23.9 Å². The van der Waals surface area contributed by atoms with Crippen LogP contribution in [-0.2, 0) is 11.2 Å². The summed E-state index contributed by atoms with van der Waals surface area (Å²) in [6.07, 6.45) is 1.40. The quantitative estimate of drug-likeness (QED) is 0.514. The van der Waals surface area contributed by atoms with Crippen molar-refractivity contribution in [2.24, 2.45) is 0 Å². The highest BCUT2D eigenvalue weighted by atomic mass is 19.3. The van der Waals surface area contributed by atoms with Gasteiger partial charge in [-0.1, -0.05) is 10.2 Å². The van der Waals surface area contributed by atoms with Gasteiger partial charge in [-0.25, -0.2) is 18.3 Å². The van der Waals surface area contributed by atoms with Crippen LogP contribution in [0, 0.1) is 0 Å². The third-order valence-corrected chi connectivity index (χ3v) is 5.92. The molecule has 0 saturated carbocycles. The highest BCUT2D eigenvalue weighted by Crippen LogP contribution is 2.37. The lowest BCUT2D eigenvalue weighted by atomic mass is 10.00. The zero-order chi connectivity index (χ0) is 21.7. The molecule has 0 radical (unpaired) electrons. The van der Waals surface area contributed by atoms with E-state index in [1.54, 1.807) is 24.7 Å². The van der Waals surface area contributed by atoms with Gasteiger partial charge in [0.25, 0.3) is 6.43 Å². The van der Waals surface area contributed by atoms with E-state index in [1.807, 2.05) is 9.80 Å². The van der Waals surface area contributed by atoms with Crippen molar-refractivity contribution in [2.45, 2.75) is 18.9 Å². The fourth-order valence-electron chi connectivity index (χ4n) is 4.36. The Kier molecular flexibility index (Phi) is 4.52. The largest absolute Gasteiger partial charge is 0.389 e. The summed E-state index contributed by atoms with van der Waals surface area (Å²) in [4.78, 5) is 11.6. The van der Waals surface area contributed by atoms with Crippen molar-refractivity contribution in [1.82, 2.24) is 29.8 Å². The van der Waals surface area contributed by atoms with E-state index in [1.165, 1.54) is 10.6 Å². The predicted octanol–water partition coefficient (Wildman–Crippen LogP) is 2.37. The molecule has 4 aromatic heterocycles. The molecule has 2 aliphatic heterocycles. The predicted molar refractivity (Wildman–Crippen MR) is 109 cm³/mol. The van der Waals surface area contributed by atoms with Crippen molar-refractivity contribution in [3.63, 3.8) is 0 Å². The number of halogens is 2. The van der Waals surface area contributed by atoms with Crippen LogP contribution >= 0.6 is 0 Å². The summed E-state index contributed by atoms with van der Waals surface area (Å²) in [7, 11) is 0. The number of imidazole rings is 1. The molecule has 2 aliphatic rings. The number of hydrogen-bond donors (Lipinski definition) is 1. The van der Waals surface area contributed by atoms with Crippen LogP contribution in [0.1, 0.15) is 35.1 Å². The molecular weight excluding hydrogens is 422 g/mol. The first-order valence-electron chi connectivity index (χ1n) is 10.4. The van der Waals surface area contributed by atoms with Crippen molar-refractivity contribution in [3.05, 3.63) is 53.4 Å². The van der Waals surface area contributed by atoms with Crippen LogP contribution in [0.5, 0.6) is 0 Å². The fraction of sp³-hybridized carbons (Fsp3) is 0.400. The van der Waals surface area contributed by atoms with Gasteiger partial charge in [0.05, 0.1) is 36.4 Å². The van der Waals surface area contributed by atoms with Crippen LogP contribution in [0.2, 0.25) is 0 Å². The van der Waals surface area contributed by atoms with Gasteiger partial charge in [-0.3, -0.25) is 0 Å². The van der Waals surface area contributed by atoms with Crippen LogP contribution in [0.25, 0.3) is 5.52 Å². The molecule has 0 aromatic carbocycles. The van der Waals surface area contributed by atoms with Crippen molar-refractivity contribution in [2.75, 3.05) is 42.6 Å². The molecule has 10 nitrogen and oxygen atoms in total. The number of alkyl halides is 2. The number of nitrogens with zero attached hydrogens (tertiary/aromatic N) is 7. The Bertz CT molecular complexity index is 1250. The summed E-state index contributed by atoms with van der Waals surface area (Å²) in [5.41, 5.74) is 2.62. The smallest absolute Gasteiger partial charge is 0.320 e. The third-order valence-electron chi connectivity index (χ3n) is 5.92. The number of H-pyrrole nitrogens is 1. The number of nitrogens with one attached hydrogen (secondary N) is 1. The zero-order valence-electron chi connectivity index (χ0n) is 17.0. The van der Waals surface area contributed by atoms with Gasteiger partial charge in [-0.05, 0) is 18.2 Å². The number of hydrogen-bond acceptors (Lipinski definition) is 8. The highest BCUT2D eigenvalue weighted by molar-refractivity contribution is 5.58. The molecule has 6 rings (SSSR count). The van der Waals surface area contributed by atoms with E-state index in [2.05, 4.69) is 25.3 Å². The summed E-state index contributed by atoms with van der Waals surface area (Å²) in [5, 5.41) is 13.1. The first-order chi connectivity index (χ1) is 15.7. The Morgan fingerprint density at radius 2 is 1.97 bits per heavy atom. The first kappa shape index (κ1) is 19.2. The number of fused-ring (bicyclic) bond motifs is 2. The Hall–Kier alpha value is -3.54. The number of rotatable bonds is 4. The van der Waals surface area contributed by atoms with Gasteiger partial charge in [-0.15, -0.1) is 0 Å². The molecule has 166 valence electrons. The van der Waals surface area contributed by atoms with Crippen LogP contribution in [0.3, 0.4) is 0 Å². The second-order valence-electron chi connectivity index (χ2n) is 7.74. The van der Waals surface area contributed by atoms with Gasteiger partial charge in [0, 0.05) is 43.5 Å². The van der Waals surface area contributed by atoms with Crippen LogP contribution < -0.4 is 9.80 Å². The van der Waals surface area contributed by atoms with E-state index in [0.717, 1.165) is 11.4 Å². The van der Waals surface area contributed by atoms with E-state index in [4.69, 9.17) is 9.15 Å². The average molecular weight is 442 g/mol. The lowest BCUT2D eigenvalue weighted by Gasteiger charge is -2.32. The molecule has 1 fully saturated rings. The standard InChI is InChI=1S/C20H20F2N8O2/c21-18(22)12-2-1-4-30-15(12)10-14(27-30)17-16-13(23-11-24-16)3-5-29(17)20-26-25-19(32-20)28-6-8-31-9-7-28/h1-2,4,10-11,17-18H,3,5-9H2,(H,23,24). The Morgan fingerprint density at radius 1 is 1.12 bits per heavy atom. The lowest BCUT2D eigenvalue weighted by molar-refractivity contribution is 0.120. The maximum atomic E-state index is 13.5. The molecular formula is C20H20F2N8O2. The molecule has 1 N–H and O–H groups in total. The first-order valence-corrected chi connectivity index (χ1v) is 10.4. The van der Waals surface area contributed by atoms with E-state index < -0.39 is 12.5 Å². The van der Waals surface area contributed by atoms with E-state index in [-0.39, 0.29) is 5.56 Å². The van der Waals surface area contributed by atoms with E-state index >= 15 is 0 Å². The average Bonchev–Trinajstić information content (AvgIpc) is 3.57. The number of pyridine rings is 1. The van der Waals surface area contributed by atoms with E-state index in [0.29, 0.717) is 62.5 Å². The van der Waals surface area contributed by atoms with Crippen molar-refractivity contribution in [3.8, 4) is 0 Å². The number of anilines is 2. The minimum atomic E-state index is -2.60. The minimum absolute atomic E-state index is 0.0664. The van der Waals surface area contributed by atoms with Gasteiger partial charge in [0.15, 0.2) is 0 Å². The minimum Gasteiger partial charge on any atom is -0.389 e. The molecule has 12 heteroatoms. The van der Waals surface area contributed by atoms with Crippen LogP contribution in [-0.4, -0.2) is 62.6 Å². The van der Waals surface area contributed by atoms with Crippen LogP contribution in [0.4, 0.5) is 20.8 Å². The van der Waals surface area contributed by atoms with Gasteiger partial charge >= 0.3 is 12.0 Å². The number of aromatic nitrogens is 6. The highest BCUT2D eigenvalue weighted by Gasteiger charge is 2.36. The van der Waals surface area contributed by atoms with Gasteiger partial charge in [0.2, 0.25) is 0 Å². The normalized spacial score (nSPS) is 19.2. The van der Waals surface area contributed by atoms with Gasteiger partial charge in [-0.2, -0.15) is 5.10 Å². The summed E-state index contributed by atoms with van der Waals surface area (Å²) < 4.78 is 40.0. The van der Waals surface area contributed by atoms with Crippen molar-refractivity contribution in [1.29, 1.82) is 0 Å². The summed E-state index contributed by atoms with van der Waals surface area (Å²) >= 11 is 0. The zero-order valence-corrected chi connectivity index (χ0v) is 17.0. The molecule has 6 heterocycles. The molecule has 1 saturated heterocycles. The SMILES string of the molecule is FC(F)c1cccn2nc(C3c4nc[nH]c4CCN3c3nnc(N4CCOCC4)o3)cc12. The van der Waals surface area contributed by atoms with Gasteiger partial charge in [0.1, 0.15) is 6.04 Å². The molecule has 32 heavy (non-hydrogen) atoms. The summed E-state index contributed by atoms with van der Waals surface area (Å²) in [5.74, 6) is 0. The Balaban J connectivity index is 1.42. The van der Waals surface area contributed by atoms with Crippen molar-refractivity contribution >= 4 is 17.5 Å². The molecule has 0 amide bonds. The molecule has 1 atom stereocenters. The number of aromatic amines is 1. The van der Waals surface area contributed by atoms with E-state index in [9.17, 15) is 8.78 Å². The molecule has 4 aromatic rings. The number of ether oxygens (including phenoxy) is 1. The molecule has 1 unspecified atom stereocenters. The number of morpholine rings is 1. The third kappa shape index (κ3) is 3.09. The Labute approximate surface area is 180 Å². The molecule has 0 bridgehead atoms. The Morgan fingerprint density at radius 3 is 2.81 bits per heavy atom. The topological polar surface area (TPSA) is 101 Å². The van der Waals surface area contributed by atoms with Crippen LogP contribution in [0.15, 0.2) is 35.1 Å². The second kappa shape index (κ2) is 7.55. The molecule has 0 spiro atoms. The monoisotopic (exact) mass is 442 g/mol. The maximum absolute atomic E-state index is 13.5. The molecule has 0 aliphatic carbocycles. The summed E-state index contributed by atoms with van der Waals surface area (Å²) in [6, 6.07) is 4.99. The summed E-state index contributed by atoms with van der Waals surface area (Å²) in [6.45, 7) is 3.15. The lowest BCUT2D eigenvalue weighted by Crippen LogP contribution is -2.37. The maximum Gasteiger partial charge on any atom is 0.320 e. The fourth-order valence-corrected chi connectivity index (χ4v) is 4.36.